The number of benzene rings is 1. The van der Waals surface area contributed by atoms with Crippen LogP contribution in [0.3, 0.4) is 0 Å². The molecule has 3 N–H and O–H groups in total. The number of carbonyl (C=O) groups is 1. The summed E-state index contributed by atoms with van der Waals surface area (Å²) in [7, 11) is 0. The Morgan fingerprint density at radius 3 is 2.62 bits per heavy atom. The normalized spacial score (nSPS) is 19.0. The first-order chi connectivity index (χ1) is 20.2. The quantitative estimate of drug-likeness (QED) is 0.362. The number of nitrogens with zero attached hydrogens (tertiary/aromatic N) is 4. The lowest BCUT2D eigenvalue weighted by Crippen LogP contribution is -2.50. The van der Waals surface area contributed by atoms with Crippen molar-refractivity contribution in [1.82, 2.24) is 24.8 Å². The number of halogens is 3. The van der Waals surface area contributed by atoms with Gasteiger partial charge in [0.1, 0.15) is 17.2 Å². The maximum Gasteiger partial charge on any atom is 0.418 e. The van der Waals surface area contributed by atoms with Gasteiger partial charge in [-0.3, -0.25) is 9.69 Å². The van der Waals surface area contributed by atoms with Crippen molar-refractivity contribution in [3.8, 4) is 5.75 Å². The van der Waals surface area contributed by atoms with E-state index in [1.54, 1.807) is 12.1 Å². The number of fused-ring (bicyclic) bond motifs is 2. The van der Waals surface area contributed by atoms with E-state index >= 15 is 0 Å². The van der Waals surface area contributed by atoms with Crippen molar-refractivity contribution in [2.75, 3.05) is 56.6 Å². The molecule has 226 valence electrons. The van der Waals surface area contributed by atoms with E-state index < -0.39 is 11.7 Å². The number of aromatic amines is 1. The highest BCUT2D eigenvalue weighted by Crippen LogP contribution is 2.40. The molecule has 1 atom stereocenters. The number of hydrogen-bond donors (Lipinski definition) is 3. The van der Waals surface area contributed by atoms with Crippen LogP contribution in [0.2, 0.25) is 0 Å². The van der Waals surface area contributed by atoms with Crippen LogP contribution in [0.25, 0.3) is 11.0 Å². The number of H-pyrrole nitrogens is 1. The lowest BCUT2D eigenvalue weighted by molar-refractivity contribution is -0.136. The summed E-state index contributed by atoms with van der Waals surface area (Å²) in [5.41, 5.74) is 1.24. The number of piperidine rings is 1. The standard InChI is InChI=1S/C29H36F3N7O3/c1-3-17(2)34-26-23-21(29(30,31)32)16-33-25(23)36-28(37-26)35-22-5-4-20(19-8-13-42-24(19)22)27(40)39-9-6-18(7-10-39)38-11-14-41-15-12-38/h4-5,16-18H,3,6-15H2,1-2H3,(H3,33,34,35,36,37)/t17-/m0/s1. The van der Waals surface area contributed by atoms with Crippen LogP contribution in [-0.2, 0) is 17.3 Å². The molecule has 0 saturated carbocycles. The summed E-state index contributed by atoms with van der Waals surface area (Å²) >= 11 is 0. The Morgan fingerprint density at radius 2 is 1.90 bits per heavy atom. The van der Waals surface area contributed by atoms with E-state index in [1.807, 2.05) is 18.7 Å². The molecule has 0 aliphatic carbocycles. The predicted octanol–water partition coefficient (Wildman–Crippen LogP) is 4.80. The fourth-order valence-electron chi connectivity index (χ4n) is 6.01. The molecular formula is C29H36F3N7O3. The van der Waals surface area contributed by atoms with Crippen LogP contribution in [0.1, 0.15) is 54.6 Å². The van der Waals surface area contributed by atoms with Gasteiger partial charge in [-0.05, 0) is 38.3 Å². The fourth-order valence-corrected chi connectivity index (χ4v) is 6.01. The minimum absolute atomic E-state index is 0.00694. The van der Waals surface area contributed by atoms with Gasteiger partial charge in [0, 0.05) is 62.0 Å². The van der Waals surface area contributed by atoms with Crippen molar-refractivity contribution < 1.29 is 27.4 Å². The van der Waals surface area contributed by atoms with Crippen LogP contribution in [0.5, 0.6) is 5.75 Å². The van der Waals surface area contributed by atoms with Crippen molar-refractivity contribution in [2.24, 2.45) is 0 Å². The topological polar surface area (TPSA) is 108 Å². The number of rotatable bonds is 7. The summed E-state index contributed by atoms with van der Waals surface area (Å²) < 4.78 is 52.6. The molecule has 0 spiro atoms. The molecule has 3 aliphatic rings. The Kier molecular flexibility index (Phi) is 7.88. The van der Waals surface area contributed by atoms with E-state index in [1.165, 1.54) is 0 Å². The number of hydrogen-bond acceptors (Lipinski definition) is 8. The number of anilines is 3. The van der Waals surface area contributed by atoms with Crippen molar-refractivity contribution in [2.45, 2.75) is 57.8 Å². The first kappa shape index (κ1) is 28.5. The molecule has 13 heteroatoms. The molecular weight excluding hydrogens is 551 g/mol. The van der Waals surface area contributed by atoms with Gasteiger partial charge in [-0.2, -0.15) is 23.1 Å². The SMILES string of the molecule is CC[C@H](C)Nc1nc(Nc2ccc(C(=O)N3CCC(N4CCOCC4)CC3)c3c2OCC3)nc2[nH]cc(C(F)(F)F)c12. The molecule has 2 fully saturated rings. The maximum absolute atomic E-state index is 13.7. The van der Waals surface area contributed by atoms with Crippen molar-refractivity contribution in [3.05, 3.63) is 35.0 Å². The van der Waals surface area contributed by atoms with Gasteiger partial charge in [-0.1, -0.05) is 6.92 Å². The highest BCUT2D eigenvalue weighted by atomic mass is 19.4. The first-order valence-corrected chi connectivity index (χ1v) is 14.6. The number of morpholine rings is 1. The van der Waals surface area contributed by atoms with E-state index in [2.05, 4.69) is 30.5 Å². The highest BCUT2D eigenvalue weighted by Gasteiger charge is 2.36. The molecule has 0 radical (unpaired) electrons. The van der Waals surface area contributed by atoms with E-state index in [0.717, 1.165) is 50.9 Å². The number of alkyl halides is 3. The molecule has 1 aromatic carbocycles. The molecule has 10 nitrogen and oxygen atoms in total. The van der Waals surface area contributed by atoms with Crippen molar-refractivity contribution in [1.29, 1.82) is 0 Å². The Balaban J connectivity index is 1.23. The Labute approximate surface area is 242 Å². The molecule has 2 aromatic heterocycles. The number of amides is 1. The van der Waals surface area contributed by atoms with Gasteiger partial charge in [0.25, 0.3) is 5.91 Å². The molecule has 3 aliphatic heterocycles. The Hall–Kier alpha value is -3.58. The van der Waals surface area contributed by atoms with Gasteiger partial charge < -0.3 is 30.0 Å². The number of likely N-dealkylation sites (tertiary alicyclic amines) is 1. The average Bonchev–Trinajstić information content (AvgIpc) is 3.66. The Morgan fingerprint density at radius 1 is 1.14 bits per heavy atom. The molecule has 6 rings (SSSR count). The maximum atomic E-state index is 13.7. The Bertz CT molecular complexity index is 1450. The predicted molar refractivity (Wildman–Crippen MR) is 153 cm³/mol. The summed E-state index contributed by atoms with van der Waals surface area (Å²) in [6.07, 6.45) is -0.491. The third-order valence-electron chi connectivity index (χ3n) is 8.48. The van der Waals surface area contributed by atoms with E-state index in [4.69, 9.17) is 9.47 Å². The van der Waals surface area contributed by atoms with Gasteiger partial charge in [0.05, 0.1) is 36.5 Å². The monoisotopic (exact) mass is 587 g/mol. The third-order valence-corrected chi connectivity index (χ3v) is 8.48. The molecule has 0 unspecified atom stereocenters. The van der Waals surface area contributed by atoms with Crippen LogP contribution in [-0.4, -0.2) is 88.7 Å². The summed E-state index contributed by atoms with van der Waals surface area (Å²) in [5.74, 6) is 0.750. The first-order valence-electron chi connectivity index (χ1n) is 14.6. The molecule has 1 amide bonds. The summed E-state index contributed by atoms with van der Waals surface area (Å²) in [6.45, 7) is 9.06. The molecule has 3 aromatic rings. The highest BCUT2D eigenvalue weighted by molar-refractivity contribution is 5.98. The van der Waals surface area contributed by atoms with Crippen molar-refractivity contribution >= 4 is 34.4 Å². The largest absolute Gasteiger partial charge is 0.491 e. The second kappa shape index (κ2) is 11.6. The number of nitrogens with one attached hydrogen (secondary N) is 3. The summed E-state index contributed by atoms with van der Waals surface area (Å²) in [5, 5.41) is 6.13. The molecule has 42 heavy (non-hydrogen) atoms. The lowest BCUT2D eigenvalue weighted by atomic mass is 9.99. The van der Waals surface area contributed by atoms with E-state index in [0.29, 0.717) is 55.6 Å². The average molecular weight is 588 g/mol. The van der Waals surface area contributed by atoms with Gasteiger partial charge in [0.15, 0.2) is 0 Å². The van der Waals surface area contributed by atoms with E-state index in [9.17, 15) is 18.0 Å². The smallest absolute Gasteiger partial charge is 0.418 e. The van der Waals surface area contributed by atoms with E-state index in [-0.39, 0.29) is 34.7 Å². The van der Waals surface area contributed by atoms with Crippen LogP contribution < -0.4 is 15.4 Å². The lowest BCUT2D eigenvalue weighted by Gasteiger charge is -2.40. The van der Waals surface area contributed by atoms with Crippen LogP contribution in [0, 0.1) is 0 Å². The summed E-state index contributed by atoms with van der Waals surface area (Å²) in [4.78, 5) is 29.4. The second-order valence-corrected chi connectivity index (χ2v) is 11.1. The number of ether oxygens (including phenoxy) is 2. The molecule has 5 heterocycles. The van der Waals surface area contributed by atoms with Crippen LogP contribution in [0.15, 0.2) is 18.3 Å². The zero-order valence-corrected chi connectivity index (χ0v) is 23.8. The van der Waals surface area contributed by atoms with Gasteiger partial charge in [0.2, 0.25) is 5.95 Å². The molecule has 2 saturated heterocycles. The second-order valence-electron chi connectivity index (χ2n) is 11.1. The van der Waals surface area contributed by atoms with Gasteiger partial charge >= 0.3 is 6.18 Å². The summed E-state index contributed by atoms with van der Waals surface area (Å²) in [6, 6.07) is 3.91. The zero-order chi connectivity index (χ0) is 29.4. The van der Waals surface area contributed by atoms with Gasteiger partial charge in [-0.25, -0.2) is 0 Å². The van der Waals surface area contributed by atoms with Crippen molar-refractivity contribution in [3.63, 3.8) is 0 Å². The third kappa shape index (κ3) is 5.59. The molecule has 0 bridgehead atoms. The zero-order valence-electron chi connectivity index (χ0n) is 23.8. The number of aromatic nitrogens is 3. The number of carbonyl (C=O) groups excluding carboxylic acids is 1. The van der Waals surface area contributed by atoms with Gasteiger partial charge in [-0.15, -0.1) is 0 Å². The van der Waals surface area contributed by atoms with Crippen LogP contribution >= 0.6 is 0 Å². The minimum atomic E-state index is -4.56. The minimum Gasteiger partial charge on any atom is -0.491 e. The van der Waals surface area contributed by atoms with Crippen LogP contribution in [0.4, 0.5) is 30.6 Å². The fraction of sp³-hybridized carbons (Fsp3) is 0.552.